The topological polar surface area (TPSA) is 47.3 Å². The molecule has 2 rings (SSSR count). The van der Waals surface area contributed by atoms with E-state index >= 15 is 0 Å². The van der Waals surface area contributed by atoms with Crippen molar-refractivity contribution in [3.05, 3.63) is 22.4 Å². The maximum atomic E-state index is 5.75. The summed E-state index contributed by atoms with van der Waals surface area (Å²) in [5.74, 6) is 5.63. The standard InChI is InChI=1S/C13H22N2OS/c14-15-12(5-4-11-6-8-17-10-11)9-13-3-1-2-7-16-13/h6,8,10,12-13,15H,1-5,7,9,14H2. The Morgan fingerprint density at radius 3 is 3.12 bits per heavy atom. The lowest BCUT2D eigenvalue weighted by Gasteiger charge is -2.26. The van der Waals surface area contributed by atoms with Crippen LogP contribution in [0.3, 0.4) is 0 Å². The van der Waals surface area contributed by atoms with Gasteiger partial charge in [0, 0.05) is 12.6 Å². The summed E-state index contributed by atoms with van der Waals surface area (Å²) in [4.78, 5) is 0. The average Bonchev–Trinajstić information content (AvgIpc) is 2.89. The van der Waals surface area contributed by atoms with Gasteiger partial charge in [0.05, 0.1) is 6.10 Å². The second-order valence-electron chi connectivity index (χ2n) is 4.76. The Morgan fingerprint density at radius 1 is 1.53 bits per heavy atom. The molecule has 4 heteroatoms. The van der Waals surface area contributed by atoms with Crippen molar-refractivity contribution in [2.75, 3.05) is 6.61 Å². The van der Waals surface area contributed by atoms with Crippen molar-refractivity contribution in [3.63, 3.8) is 0 Å². The zero-order valence-electron chi connectivity index (χ0n) is 10.2. The van der Waals surface area contributed by atoms with E-state index in [4.69, 9.17) is 10.6 Å². The van der Waals surface area contributed by atoms with Gasteiger partial charge in [0.25, 0.3) is 0 Å². The molecule has 1 aliphatic rings. The smallest absolute Gasteiger partial charge is 0.0590 e. The minimum Gasteiger partial charge on any atom is -0.378 e. The highest BCUT2D eigenvalue weighted by Crippen LogP contribution is 2.19. The quantitative estimate of drug-likeness (QED) is 0.605. The van der Waals surface area contributed by atoms with E-state index in [1.165, 1.54) is 24.8 Å². The summed E-state index contributed by atoms with van der Waals surface area (Å²) in [6.07, 6.45) is 7.35. The number of nitrogens with one attached hydrogen (secondary N) is 1. The van der Waals surface area contributed by atoms with Crippen molar-refractivity contribution in [3.8, 4) is 0 Å². The van der Waals surface area contributed by atoms with E-state index in [9.17, 15) is 0 Å². The molecule has 1 saturated heterocycles. The van der Waals surface area contributed by atoms with Gasteiger partial charge in [-0.1, -0.05) is 0 Å². The third kappa shape index (κ3) is 4.39. The van der Waals surface area contributed by atoms with Gasteiger partial charge in [-0.3, -0.25) is 11.3 Å². The molecular weight excluding hydrogens is 232 g/mol. The molecule has 1 aliphatic heterocycles. The van der Waals surface area contributed by atoms with E-state index in [2.05, 4.69) is 22.3 Å². The molecule has 2 atom stereocenters. The fourth-order valence-electron chi connectivity index (χ4n) is 2.36. The van der Waals surface area contributed by atoms with Crippen LogP contribution in [0.2, 0.25) is 0 Å². The second-order valence-corrected chi connectivity index (χ2v) is 5.54. The number of aryl methyl sites for hydroxylation is 1. The maximum Gasteiger partial charge on any atom is 0.0590 e. The van der Waals surface area contributed by atoms with E-state index < -0.39 is 0 Å². The zero-order valence-corrected chi connectivity index (χ0v) is 11.0. The molecule has 1 fully saturated rings. The van der Waals surface area contributed by atoms with E-state index in [0.29, 0.717) is 12.1 Å². The molecule has 0 aliphatic carbocycles. The van der Waals surface area contributed by atoms with Crippen LogP contribution in [0.25, 0.3) is 0 Å². The molecule has 2 heterocycles. The molecule has 0 bridgehead atoms. The summed E-state index contributed by atoms with van der Waals surface area (Å²) >= 11 is 1.76. The summed E-state index contributed by atoms with van der Waals surface area (Å²) in [6.45, 7) is 0.923. The first-order valence-corrected chi connectivity index (χ1v) is 7.41. The van der Waals surface area contributed by atoms with Crippen LogP contribution < -0.4 is 11.3 Å². The molecule has 0 spiro atoms. The van der Waals surface area contributed by atoms with Gasteiger partial charge in [0.1, 0.15) is 0 Å². The lowest BCUT2D eigenvalue weighted by atomic mass is 9.98. The molecule has 0 saturated carbocycles. The normalized spacial score (nSPS) is 22.5. The van der Waals surface area contributed by atoms with Crippen LogP contribution in [-0.4, -0.2) is 18.8 Å². The molecule has 1 aromatic rings. The van der Waals surface area contributed by atoms with Gasteiger partial charge in [0.2, 0.25) is 0 Å². The minimum atomic E-state index is 0.373. The Morgan fingerprint density at radius 2 is 2.47 bits per heavy atom. The number of hydrogen-bond acceptors (Lipinski definition) is 4. The van der Waals surface area contributed by atoms with Crippen LogP contribution in [0.4, 0.5) is 0 Å². The van der Waals surface area contributed by atoms with Crippen molar-refractivity contribution in [2.45, 2.75) is 50.7 Å². The minimum absolute atomic E-state index is 0.373. The maximum absolute atomic E-state index is 5.75. The summed E-state index contributed by atoms with van der Waals surface area (Å²) in [6, 6.07) is 2.56. The Bertz CT molecular complexity index is 296. The number of rotatable bonds is 6. The molecule has 2 unspecified atom stereocenters. The SMILES string of the molecule is NNC(CCc1ccsc1)CC1CCCCO1. The first-order chi connectivity index (χ1) is 8.38. The Kier molecular flexibility index (Phi) is 5.45. The van der Waals surface area contributed by atoms with Gasteiger partial charge < -0.3 is 4.74 Å². The summed E-state index contributed by atoms with van der Waals surface area (Å²) < 4.78 is 5.75. The van der Waals surface area contributed by atoms with Crippen LogP contribution in [-0.2, 0) is 11.2 Å². The first-order valence-electron chi connectivity index (χ1n) is 6.47. The van der Waals surface area contributed by atoms with Crippen molar-refractivity contribution in [1.82, 2.24) is 5.43 Å². The van der Waals surface area contributed by atoms with Gasteiger partial charge >= 0.3 is 0 Å². The van der Waals surface area contributed by atoms with Gasteiger partial charge in [0.15, 0.2) is 0 Å². The van der Waals surface area contributed by atoms with E-state index in [1.807, 2.05) is 0 Å². The molecule has 17 heavy (non-hydrogen) atoms. The Balaban J connectivity index is 1.72. The largest absolute Gasteiger partial charge is 0.378 e. The highest BCUT2D eigenvalue weighted by Gasteiger charge is 2.18. The molecule has 96 valence electrons. The van der Waals surface area contributed by atoms with Crippen LogP contribution in [0.5, 0.6) is 0 Å². The van der Waals surface area contributed by atoms with Crippen molar-refractivity contribution in [1.29, 1.82) is 0 Å². The summed E-state index contributed by atoms with van der Waals surface area (Å²) in [7, 11) is 0. The number of hydrogen-bond donors (Lipinski definition) is 2. The van der Waals surface area contributed by atoms with Crippen molar-refractivity contribution >= 4 is 11.3 Å². The van der Waals surface area contributed by atoms with Gasteiger partial charge in [-0.05, 0) is 60.9 Å². The number of hydrazine groups is 1. The van der Waals surface area contributed by atoms with Crippen LogP contribution in [0, 0.1) is 0 Å². The van der Waals surface area contributed by atoms with Crippen LogP contribution >= 0.6 is 11.3 Å². The summed E-state index contributed by atoms with van der Waals surface area (Å²) in [5.41, 5.74) is 4.35. The zero-order chi connectivity index (χ0) is 11.9. The molecule has 1 aromatic heterocycles. The lowest BCUT2D eigenvalue weighted by molar-refractivity contribution is 0.00472. The summed E-state index contributed by atoms with van der Waals surface area (Å²) in [5, 5.41) is 4.34. The molecule has 0 radical (unpaired) electrons. The van der Waals surface area contributed by atoms with Crippen LogP contribution in [0.15, 0.2) is 16.8 Å². The predicted molar refractivity (Wildman–Crippen MR) is 72.0 cm³/mol. The highest BCUT2D eigenvalue weighted by molar-refractivity contribution is 7.07. The van der Waals surface area contributed by atoms with Crippen molar-refractivity contribution in [2.24, 2.45) is 5.84 Å². The molecule has 3 nitrogen and oxygen atoms in total. The second kappa shape index (κ2) is 7.11. The fraction of sp³-hybridized carbons (Fsp3) is 0.692. The number of ether oxygens (including phenoxy) is 1. The first kappa shape index (κ1) is 13.0. The monoisotopic (exact) mass is 254 g/mol. The third-order valence-electron chi connectivity index (χ3n) is 3.42. The van der Waals surface area contributed by atoms with Gasteiger partial charge in [-0.2, -0.15) is 11.3 Å². The van der Waals surface area contributed by atoms with Gasteiger partial charge in [-0.25, -0.2) is 0 Å². The van der Waals surface area contributed by atoms with E-state index in [-0.39, 0.29) is 0 Å². The van der Waals surface area contributed by atoms with E-state index in [1.54, 1.807) is 11.3 Å². The molecule has 3 N–H and O–H groups in total. The molecular formula is C13H22N2OS. The van der Waals surface area contributed by atoms with E-state index in [0.717, 1.165) is 25.9 Å². The predicted octanol–water partition coefficient (Wildman–Crippen LogP) is 2.47. The van der Waals surface area contributed by atoms with Crippen LogP contribution in [0.1, 0.15) is 37.7 Å². The fourth-order valence-corrected chi connectivity index (χ4v) is 3.06. The van der Waals surface area contributed by atoms with Crippen molar-refractivity contribution < 1.29 is 4.74 Å². The lowest BCUT2D eigenvalue weighted by Crippen LogP contribution is -2.39. The Labute approximate surface area is 107 Å². The van der Waals surface area contributed by atoms with Gasteiger partial charge in [-0.15, -0.1) is 0 Å². The Hall–Kier alpha value is -0.420. The number of nitrogens with two attached hydrogens (primary N) is 1. The highest BCUT2D eigenvalue weighted by atomic mass is 32.1. The average molecular weight is 254 g/mol. The molecule has 0 aromatic carbocycles. The number of thiophene rings is 1. The third-order valence-corrected chi connectivity index (χ3v) is 4.15. The molecule has 0 amide bonds.